The van der Waals surface area contributed by atoms with Crippen LogP contribution in [0, 0.1) is 0 Å². The number of nitrogens with two attached hydrogens (primary N) is 1. The smallest absolute Gasteiger partial charge is 0.335 e. The predicted molar refractivity (Wildman–Crippen MR) is 92.2 cm³/mol. The first kappa shape index (κ1) is 15.2. The van der Waals surface area contributed by atoms with E-state index in [1.165, 1.54) is 4.90 Å². The van der Waals surface area contributed by atoms with E-state index >= 15 is 0 Å². The van der Waals surface area contributed by atoms with Crippen LogP contribution in [0.2, 0.25) is 0 Å². The van der Waals surface area contributed by atoms with Crippen LogP contribution >= 0.6 is 11.8 Å². The van der Waals surface area contributed by atoms with Crippen molar-refractivity contribution in [1.82, 2.24) is 9.78 Å². The minimum Gasteiger partial charge on any atom is -0.478 e. The van der Waals surface area contributed by atoms with Crippen molar-refractivity contribution in [2.24, 2.45) is 0 Å². The zero-order valence-corrected chi connectivity index (χ0v) is 13.2. The van der Waals surface area contributed by atoms with E-state index in [2.05, 4.69) is 5.10 Å². The third-order valence-corrected chi connectivity index (χ3v) is 4.22. The number of aromatic carboxylic acids is 1. The van der Waals surface area contributed by atoms with E-state index in [4.69, 9.17) is 10.8 Å². The molecule has 0 unspecified atom stereocenters. The van der Waals surface area contributed by atoms with Crippen molar-refractivity contribution in [3.05, 3.63) is 60.2 Å². The number of thioether (sulfide) groups is 1. The number of carboxylic acids is 1. The number of carboxylic acid groups (broad SMARTS) is 1. The van der Waals surface area contributed by atoms with Crippen LogP contribution in [0.15, 0.2) is 59.5 Å². The number of nitrogen functional groups attached to an aromatic ring is 1. The van der Waals surface area contributed by atoms with Gasteiger partial charge < -0.3 is 10.8 Å². The fourth-order valence-corrected chi connectivity index (χ4v) is 2.72. The molecule has 0 aliphatic heterocycles. The van der Waals surface area contributed by atoms with Gasteiger partial charge in [-0.3, -0.25) is 0 Å². The van der Waals surface area contributed by atoms with Crippen LogP contribution in [-0.4, -0.2) is 27.1 Å². The monoisotopic (exact) mass is 325 g/mol. The molecular formula is C17H15N3O2S. The molecule has 0 amide bonds. The Morgan fingerprint density at radius 3 is 2.35 bits per heavy atom. The number of hydrogen-bond acceptors (Lipinski definition) is 4. The van der Waals surface area contributed by atoms with Gasteiger partial charge in [-0.15, -0.1) is 11.8 Å². The largest absolute Gasteiger partial charge is 0.478 e. The highest BCUT2D eigenvalue weighted by Gasteiger charge is 2.11. The Balaban J connectivity index is 2.04. The average Bonchev–Trinajstić information content (AvgIpc) is 2.97. The molecule has 0 aliphatic rings. The Bertz CT molecular complexity index is 839. The Morgan fingerprint density at radius 1 is 1.13 bits per heavy atom. The molecule has 0 fully saturated rings. The number of aromatic nitrogens is 2. The summed E-state index contributed by atoms with van der Waals surface area (Å²) in [6.45, 7) is 0. The highest BCUT2D eigenvalue weighted by Crippen LogP contribution is 2.27. The molecule has 0 saturated heterocycles. The molecule has 0 saturated carbocycles. The van der Waals surface area contributed by atoms with Crippen LogP contribution in [0.1, 0.15) is 10.4 Å². The van der Waals surface area contributed by atoms with Crippen LogP contribution in [0.3, 0.4) is 0 Å². The lowest BCUT2D eigenvalue weighted by Crippen LogP contribution is -2.01. The molecular weight excluding hydrogens is 310 g/mol. The van der Waals surface area contributed by atoms with Gasteiger partial charge in [0, 0.05) is 16.5 Å². The summed E-state index contributed by atoms with van der Waals surface area (Å²) in [5, 5.41) is 13.3. The standard InChI is InChI=1S/C17H15N3O2S/c1-23-14-8-4-11(5-9-14)15-10-16(18)19-20(15)13-6-2-12(3-7-13)17(21)22/h2-10H,1H3,(H2,18,19)(H,21,22). The first-order valence-electron chi connectivity index (χ1n) is 6.92. The number of nitrogens with zero attached hydrogens (tertiary/aromatic N) is 2. The highest BCUT2D eigenvalue weighted by molar-refractivity contribution is 7.98. The fraction of sp³-hybridized carbons (Fsp3) is 0.0588. The summed E-state index contributed by atoms with van der Waals surface area (Å²) in [5.41, 5.74) is 8.71. The second-order valence-corrected chi connectivity index (χ2v) is 5.83. The quantitative estimate of drug-likeness (QED) is 0.717. The molecule has 2 aromatic carbocycles. The molecule has 3 rings (SSSR count). The van der Waals surface area contributed by atoms with Gasteiger partial charge in [0.15, 0.2) is 0 Å². The van der Waals surface area contributed by atoms with Gasteiger partial charge in [-0.25, -0.2) is 9.48 Å². The summed E-state index contributed by atoms with van der Waals surface area (Å²) in [6.07, 6.45) is 2.03. The maximum atomic E-state index is 11.0. The Labute approximate surface area is 137 Å². The van der Waals surface area contributed by atoms with Crippen LogP contribution in [-0.2, 0) is 0 Å². The number of rotatable bonds is 4. The Morgan fingerprint density at radius 2 is 1.78 bits per heavy atom. The molecule has 0 bridgehead atoms. The summed E-state index contributed by atoms with van der Waals surface area (Å²) in [6, 6.07) is 16.5. The maximum absolute atomic E-state index is 11.0. The molecule has 1 heterocycles. The lowest BCUT2D eigenvalue weighted by Gasteiger charge is -2.08. The topological polar surface area (TPSA) is 81.1 Å². The highest BCUT2D eigenvalue weighted by atomic mass is 32.2. The second-order valence-electron chi connectivity index (χ2n) is 4.95. The van der Waals surface area contributed by atoms with Crippen LogP contribution in [0.25, 0.3) is 16.9 Å². The Hall–Kier alpha value is -2.73. The van der Waals surface area contributed by atoms with Crippen molar-refractivity contribution in [2.45, 2.75) is 4.90 Å². The molecule has 116 valence electrons. The number of anilines is 1. The lowest BCUT2D eigenvalue weighted by molar-refractivity contribution is 0.0697. The molecule has 0 aliphatic carbocycles. The number of hydrogen-bond donors (Lipinski definition) is 2. The van der Waals surface area contributed by atoms with Gasteiger partial charge in [0.05, 0.1) is 16.9 Å². The summed E-state index contributed by atoms with van der Waals surface area (Å²) < 4.78 is 1.72. The lowest BCUT2D eigenvalue weighted by atomic mass is 10.1. The number of benzene rings is 2. The molecule has 0 atom stereocenters. The van der Waals surface area contributed by atoms with Gasteiger partial charge in [-0.05, 0) is 42.7 Å². The van der Waals surface area contributed by atoms with Crippen molar-refractivity contribution in [1.29, 1.82) is 0 Å². The van der Waals surface area contributed by atoms with Gasteiger partial charge in [0.2, 0.25) is 0 Å². The first-order chi connectivity index (χ1) is 11.1. The number of carbonyl (C=O) groups is 1. The van der Waals surface area contributed by atoms with E-state index in [0.29, 0.717) is 5.82 Å². The van der Waals surface area contributed by atoms with Crippen LogP contribution in [0.4, 0.5) is 5.82 Å². The van der Waals surface area contributed by atoms with Gasteiger partial charge in [-0.2, -0.15) is 5.10 Å². The van der Waals surface area contributed by atoms with Crippen LogP contribution in [0.5, 0.6) is 0 Å². The molecule has 5 nitrogen and oxygen atoms in total. The molecule has 3 N–H and O–H groups in total. The van der Waals surface area contributed by atoms with Crippen molar-refractivity contribution in [2.75, 3.05) is 12.0 Å². The maximum Gasteiger partial charge on any atom is 0.335 e. The molecule has 0 radical (unpaired) electrons. The van der Waals surface area contributed by atoms with Gasteiger partial charge in [0.1, 0.15) is 5.82 Å². The van der Waals surface area contributed by atoms with Crippen LogP contribution < -0.4 is 5.73 Å². The SMILES string of the molecule is CSc1ccc(-c2cc(N)nn2-c2ccc(C(=O)O)cc2)cc1. The van der Waals surface area contributed by atoms with E-state index in [1.54, 1.807) is 46.8 Å². The third-order valence-electron chi connectivity index (χ3n) is 3.47. The van der Waals surface area contributed by atoms with E-state index in [-0.39, 0.29) is 5.56 Å². The summed E-state index contributed by atoms with van der Waals surface area (Å²) >= 11 is 1.68. The van der Waals surface area contributed by atoms with Gasteiger partial charge in [0.25, 0.3) is 0 Å². The zero-order chi connectivity index (χ0) is 16.4. The van der Waals surface area contributed by atoms with Gasteiger partial charge >= 0.3 is 5.97 Å². The van der Waals surface area contributed by atoms with Crippen molar-refractivity contribution < 1.29 is 9.90 Å². The minimum absolute atomic E-state index is 0.236. The molecule has 23 heavy (non-hydrogen) atoms. The minimum atomic E-state index is -0.954. The second kappa shape index (κ2) is 6.18. The molecule has 6 heteroatoms. The van der Waals surface area contributed by atoms with Gasteiger partial charge in [-0.1, -0.05) is 12.1 Å². The zero-order valence-electron chi connectivity index (χ0n) is 12.4. The molecule has 0 spiro atoms. The van der Waals surface area contributed by atoms with Crippen molar-refractivity contribution in [3.63, 3.8) is 0 Å². The summed E-state index contributed by atoms with van der Waals surface area (Å²) in [4.78, 5) is 12.1. The van der Waals surface area contributed by atoms with E-state index in [1.807, 2.05) is 30.5 Å². The van der Waals surface area contributed by atoms with E-state index in [0.717, 1.165) is 16.9 Å². The van der Waals surface area contributed by atoms with E-state index < -0.39 is 5.97 Å². The predicted octanol–water partition coefficient (Wildman–Crippen LogP) is 3.54. The molecule has 1 aromatic heterocycles. The summed E-state index contributed by atoms with van der Waals surface area (Å²) in [7, 11) is 0. The van der Waals surface area contributed by atoms with Crippen molar-refractivity contribution in [3.8, 4) is 16.9 Å². The van der Waals surface area contributed by atoms with Crippen molar-refractivity contribution >= 4 is 23.5 Å². The van der Waals surface area contributed by atoms with E-state index in [9.17, 15) is 4.79 Å². The summed E-state index contributed by atoms with van der Waals surface area (Å²) in [5.74, 6) is -0.541. The molecule has 3 aromatic rings. The average molecular weight is 325 g/mol. The Kier molecular flexibility index (Phi) is 4.08. The first-order valence-corrected chi connectivity index (χ1v) is 8.14. The fourth-order valence-electron chi connectivity index (χ4n) is 2.31. The third kappa shape index (κ3) is 3.07. The normalized spacial score (nSPS) is 10.7.